The molecule has 1 aromatic carbocycles. The van der Waals surface area contributed by atoms with E-state index in [9.17, 15) is 18.9 Å². The highest BCUT2D eigenvalue weighted by Crippen LogP contribution is 2.43. The molecule has 8 nitrogen and oxygen atoms in total. The third-order valence-electron chi connectivity index (χ3n) is 7.21. The fourth-order valence-corrected chi connectivity index (χ4v) is 6.50. The van der Waals surface area contributed by atoms with E-state index < -0.39 is 10.0 Å². The first-order valence-electron chi connectivity index (χ1n) is 12.8. The van der Waals surface area contributed by atoms with Gasteiger partial charge in [-0.15, -0.1) is 0 Å². The molecule has 2 aromatic heterocycles. The molecule has 0 bridgehead atoms. The first kappa shape index (κ1) is 25.7. The van der Waals surface area contributed by atoms with E-state index in [4.69, 9.17) is 4.74 Å². The SMILES string of the molecule is CCCS(=O)(=O)NC1CC=C(c2c(C#N)c3ccc(Oc4ncccc4C#N)cc3n2C2CCC2)C=C1C. The third-order valence-corrected chi connectivity index (χ3v) is 8.80. The highest BCUT2D eigenvalue weighted by molar-refractivity contribution is 7.89. The molecule has 0 spiro atoms. The fourth-order valence-electron chi connectivity index (χ4n) is 5.13. The van der Waals surface area contributed by atoms with Crippen molar-refractivity contribution in [2.75, 3.05) is 5.75 Å². The Balaban J connectivity index is 1.57. The van der Waals surface area contributed by atoms with Gasteiger partial charge in [-0.05, 0) is 68.9 Å². The summed E-state index contributed by atoms with van der Waals surface area (Å²) in [4.78, 5) is 4.20. The Morgan fingerprint density at radius 3 is 2.68 bits per heavy atom. The number of ether oxygens (including phenoxy) is 1. The molecule has 0 saturated heterocycles. The van der Waals surface area contributed by atoms with Gasteiger partial charge in [0.25, 0.3) is 0 Å². The van der Waals surface area contributed by atoms with Gasteiger partial charge in [0, 0.05) is 29.7 Å². The van der Waals surface area contributed by atoms with E-state index in [2.05, 4.69) is 26.4 Å². The molecule has 0 amide bonds. The van der Waals surface area contributed by atoms with Crippen molar-refractivity contribution in [3.63, 3.8) is 0 Å². The van der Waals surface area contributed by atoms with Crippen molar-refractivity contribution in [1.29, 1.82) is 10.5 Å². The average molecular weight is 528 g/mol. The Morgan fingerprint density at radius 2 is 2.03 bits per heavy atom. The van der Waals surface area contributed by atoms with Gasteiger partial charge in [0.1, 0.15) is 23.5 Å². The smallest absolute Gasteiger partial charge is 0.237 e. The van der Waals surface area contributed by atoms with Crippen LogP contribution in [0.4, 0.5) is 0 Å². The van der Waals surface area contributed by atoms with Crippen LogP contribution >= 0.6 is 0 Å². The van der Waals surface area contributed by atoms with Crippen LogP contribution in [0.5, 0.6) is 11.6 Å². The van der Waals surface area contributed by atoms with E-state index in [1.54, 1.807) is 24.4 Å². The molecule has 1 saturated carbocycles. The van der Waals surface area contributed by atoms with Gasteiger partial charge in [-0.25, -0.2) is 18.1 Å². The summed E-state index contributed by atoms with van der Waals surface area (Å²) in [6.45, 7) is 3.78. The Bertz CT molecular complexity index is 1650. The Hall–Kier alpha value is -3.92. The quantitative estimate of drug-likeness (QED) is 0.399. The topological polar surface area (TPSA) is 121 Å². The highest BCUT2D eigenvalue weighted by Gasteiger charge is 2.30. The van der Waals surface area contributed by atoms with Crippen LogP contribution in [0.2, 0.25) is 0 Å². The molecule has 1 unspecified atom stereocenters. The summed E-state index contributed by atoms with van der Waals surface area (Å²) in [5.74, 6) is 0.874. The summed E-state index contributed by atoms with van der Waals surface area (Å²) >= 11 is 0. The maximum atomic E-state index is 12.4. The van der Waals surface area contributed by atoms with E-state index in [1.165, 1.54) is 0 Å². The lowest BCUT2D eigenvalue weighted by Crippen LogP contribution is -2.37. The fraction of sp³-hybridized carbons (Fsp3) is 0.345. The molecule has 38 heavy (non-hydrogen) atoms. The minimum Gasteiger partial charge on any atom is -0.438 e. The van der Waals surface area contributed by atoms with Crippen molar-refractivity contribution in [3.8, 4) is 23.8 Å². The van der Waals surface area contributed by atoms with Crippen LogP contribution < -0.4 is 9.46 Å². The average Bonchev–Trinajstić information content (AvgIpc) is 3.17. The van der Waals surface area contributed by atoms with Crippen LogP contribution in [-0.2, 0) is 10.0 Å². The molecular formula is C29H29N5O3S. The summed E-state index contributed by atoms with van der Waals surface area (Å²) in [6.07, 6.45) is 9.83. The Kier molecular flexibility index (Phi) is 7.07. The van der Waals surface area contributed by atoms with E-state index >= 15 is 0 Å². The number of rotatable bonds is 8. The molecule has 194 valence electrons. The standard InChI is InChI=1S/C29H29N5O3S/c1-3-14-38(35,36)33-26-12-9-20(15-19(26)2)28-25(18-31)24-11-10-23(16-27(24)34(28)22-7-4-8-22)37-29-21(17-30)6-5-13-32-29/h5-6,9-11,13,15-16,22,26,33H,3-4,7-8,12,14H2,1-2H3. The molecule has 1 fully saturated rings. The second-order valence-electron chi connectivity index (χ2n) is 9.81. The molecule has 0 radical (unpaired) electrons. The summed E-state index contributed by atoms with van der Waals surface area (Å²) < 4.78 is 35.8. The van der Waals surface area contributed by atoms with Crippen LogP contribution in [0.25, 0.3) is 16.5 Å². The lowest BCUT2D eigenvalue weighted by Gasteiger charge is -2.31. The maximum absolute atomic E-state index is 12.4. The van der Waals surface area contributed by atoms with Gasteiger partial charge >= 0.3 is 0 Å². The summed E-state index contributed by atoms with van der Waals surface area (Å²) in [6, 6.07) is 13.4. The van der Waals surface area contributed by atoms with Gasteiger partial charge in [-0.1, -0.05) is 24.6 Å². The molecule has 1 N–H and O–H groups in total. The molecule has 3 aromatic rings. The molecular weight excluding hydrogens is 498 g/mol. The second-order valence-corrected chi connectivity index (χ2v) is 11.7. The largest absolute Gasteiger partial charge is 0.438 e. The van der Waals surface area contributed by atoms with Crippen molar-refractivity contribution in [2.45, 2.75) is 58.0 Å². The van der Waals surface area contributed by atoms with E-state index in [0.717, 1.165) is 47.0 Å². The zero-order valence-corrected chi connectivity index (χ0v) is 22.3. The number of allylic oxidation sites excluding steroid dienone is 2. The van der Waals surface area contributed by atoms with Crippen LogP contribution in [0, 0.1) is 22.7 Å². The van der Waals surface area contributed by atoms with E-state index in [0.29, 0.717) is 29.7 Å². The molecule has 9 heteroatoms. The van der Waals surface area contributed by atoms with Gasteiger partial charge in [-0.2, -0.15) is 10.5 Å². The Morgan fingerprint density at radius 1 is 1.21 bits per heavy atom. The van der Waals surface area contributed by atoms with Gasteiger partial charge in [0.2, 0.25) is 15.9 Å². The second kappa shape index (κ2) is 10.4. The lowest BCUT2D eigenvalue weighted by atomic mass is 9.90. The zero-order chi connectivity index (χ0) is 26.9. The van der Waals surface area contributed by atoms with Crippen molar-refractivity contribution >= 4 is 26.5 Å². The van der Waals surface area contributed by atoms with Crippen LogP contribution in [-0.4, -0.2) is 29.8 Å². The van der Waals surface area contributed by atoms with Gasteiger partial charge in [0.05, 0.1) is 22.5 Å². The number of sulfonamides is 1. The highest BCUT2D eigenvalue weighted by atomic mass is 32.2. The number of nitriles is 2. The summed E-state index contributed by atoms with van der Waals surface area (Å²) in [7, 11) is -3.35. The first-order chi connectivity index (χ1) is 18.3. The van der Waals surface area contributed by atoms with Gasteiger partial charge in [0.15, 0.2) is 0 Å². The monoisotopic (exact) mass is 527 g/mol. The minimum absolute atomic E-state index is 0.0978. The molecule has 0 aliphatic heterocycles. The number of pyridine rings is 1. The van der Waals surface area contributed by atoms with Crippen LogP contribution in [0.1, 0.15) is 68.8 Å². The molecule has 2 heterocycles. The molecule has 1 atom stereocenters. The normalized spacial score (nSPS) is 17.7. The number of nitrogens with zero attached hydrogens (tertiary/aromatic N) is 4. The van der Waals surface area contributed by atoms with E-state index in [-0.39, 0.29) is 23.7 Å². The predicted octanol–water partition coefficient (Wildman–Crippen LogP) is 5.73. The first-order valence-corrected chi connectivity index (χ1v) is 14.5. The van der Waals surface area contributed by atoms with E-state index in [1.807, 2.05) is 38.1 Å². The number of aromatic nitrogens is 2. The maximum Gasteiger partial charge on any atom is 0.237 e. The number of nitrogens with one attached hydrogen (secondary N) is 1. The van der Waals surface area contributed by atoms with Crippen molar-refractivity contribution in [3.05, 3.63) is 71.1 Å². The number of hydrogen-bond donors (Lipinski definition) is 1. The van der Waals surface area contributed by atoms with Gasteiger partial charge in [-0.3, -0.25) is 0 Å². The summed E-state index contributed by atoms with van der Waals surface area (Å²) in [5.41, 5.74) is 4.53. The van der Waals surface area contributed by atoms with Crippen LogP contribution in [0.15, 0.2) is 54.3 Å². The third kappa shape index (κ3) is 4.83. The number of benzene rings is 1. The van der Waals surface area contributed by atoms with Gasteiger partial charge < -0.3 is 9.30 Å². The number of fused-ring (bicyclic) bond motifs is 1. The Labute approximate surface area is 222 Å². The zero-order valence-electron chi connectivity index (χ0n) is 21.4. The molecule has 2 aliphatic rings. The lowest BCUT2D eigenvalue weighted by molar-refractivity contribution is 0.320. The van der Waals surface area contributed by atoms with Crippen molar-refractivity contribution in [2.24, 2.45) is 0 Å². The van der Waals surface area contributed by atoms with Crippen LogP contribution in [0.3, 0.4) is 0 Å². The minimum atomic E-state index is -3.35. The molecule has 2 aliphatic carbocycles. The number of hydrogen-bond acceptors (Lipinski definition) is 6. The predicted molar refractivity (Wildman–Crippen MR) is 146 cm³/mol. The van der Waals surface area contributed by atoms with Crippen molar-refractivity contribution < 1.29 is 13.2 Å². The summed E-state index contributed by atoms with van der Waals surface area (Å²) in [5, 5.41) is 20.5. The molecule has 5 rings (SSSR count). The van der Waals surface area contributed by atoms with Crippen molar-refractivity contribution in [1.82, 2.24) is 14.3 Å².